The van der Waals surface area contributed by atoms with Gasteiger partial charge in [-0.2, -0.15) is 0 Å². The van der Waals surface area contributed by atoms with Crippen molar-refractivity contribution in [1.82, 2.24) is 0 Å². The van der Waals surface area contributed by atoms with E-state index in [0.29, 0.717) is 13.2 Å². The molecule has 0 spiro atoms. The summed E-state index contributed by atoms with van der Waals surface area (Å²) in [6.45, 7) is 5.39. The van der Waals surface area contributed by atoms with Gasteiger partial charge < -0.3 is 9.47 Å². The van der Waals surface area contributed by atoms with E-state index in [2.05, 4.69) is 26.0 Å². The first-order valence-corrected chi connectivity index (χ1v) is 7.53. The lowest BCUT2D eigenvalue weighted by Gasteiger charge is -2.20. The van der Waals surface area contributed by atoms with Gasteiger partial charge in [0, 0.05) is 12.8 Å². The summed E-state index contributed by atoms with van der Waals surface area (Å²) < 4.78 is 11.2. The summed E-state index contributed by atoms with van der Waals surface area (Å²) in [4.78, 5) is 12.0. The van der Waals surface area contributed by atoms with E-state index in [9.17, 15) is 4.79 Å². The fourth-order valence-corrected chi connectivity index (χ4v) is 2.80. The van der Waals surface area contributed by atoms with Gasteiger partial charge in [0.15, 0.2) is 0 Å². The van der Waals surface area contributed by atoms with Gasteiger partial charge in [-0.1, -0.05) is 44.2 Å². The zero-order valence-electron chi connectivity index (χ0n) is 12.4. The average Bonchev–Trinajstić information content (AvgIpc) is 2.81. The molecule has 0 aromatic heterocycles. The topological polar surface area (TPSA) is 35.5 Å². The molecule has 20 heavy (non-hydrogen) atoms. The molecule has 1 aromatic carbocycles. The highest BCUT2D eigenvalue weighted by molar-refractivity contribution is 5.78. The van der Waals surface area contributed by atoms with E-state index in [-0.39, 0.29) is 17.5 Å². The molecule has 0 bridgehead atoms. The van der Waals surface area contributed by atoms with Gasteiger partial charge in [-0.25, -0.2) is 0 Å². The second kappa shape index (κ2) is 6.89. The van der Waals surface area contributed by atoms with E-state index in [1.54, 1.807) is 0 Å². The Labute approximate surface area is 121 Å². The van der Waals surface area contributed by atoms with Crippen LogP contribution in [0.15, 0.2) is 30.3 Å². The minimum Gasteiger partial charge on any atom is -0.462 e. The standard InChI is InChI=1S/C17H24O3/c1-3-17(4-2)12-15(20-16(17)18)10-11-19-13-14-8-6-5-7-9-14/h5-9,15H,3-4,10-13H2,1-2H3/t15-/m1/s1. The zero-order chi connectivity index (χ0) is 14.4. The Balaban J connectivity index is 1.72. The third-order valence-electron chi connectivity index (χ3n) is 4.37. The number of esters is 1. The Bertz CT molecular complexity index is 423. The molecule has 0 saturated carbocycles. The Hall–Kier alpha value is -1.35. The quantitative estimate of drug-likeness (QED) is 0.562. The Morgan fingerprint density at radius 3 is 2.55 bits per heavy atom. The lowest BCUT2D eigenvalue weighted by molar-refractivity contribution is -0.149. The normalized spacial score (nSPS) is 20.9. The van der Waals surface area contributed by atoms with Crippen molar-refractivity contribution in [3.05, 3.63) is 35.9 Å². The highest BCUT2D eigenvalue weighted by Gasteiger charge is 2.45. The molecule has 3 heteroatoms. The predicted molar refractivity (Wildman–Crippen MR) is 78.2 cm³/mol. The molecule has 1 heterocycles. The number of carbonyl (C=O) groups is 1. The number of rotatable bonds is 7. The minimum absolute atomic E-state index is 0.0180. The largest absolute Gasteiger partial charge is 0.462 e. The summed E-state index contributed by atoms with van der Waals surface area (Å²) in [5.41, 5.74) is 0.928. The van der Waals surface area contributed by atoms with E-state index in [0.717, 1.165) is 25.7 Å². The van der Waals surface area contributed by atoms with E-state index >= 15 is 0 Å². The second-order valence-corrected chi connectivity index (χ2v) is 5.55. The second-order valence-electron chi connectivity index (χ2n) is 5.55. The van der Waals surface area contributed by atoms with Crippen LogP contribution in [0.1, 0.15) is 45.1 Å². The fraction of sp³-hybridized carbons (Fsp3) is 0.588. The van der Waals surface area contributed by atoms with Crippen molar-refractivity contribution in [2.75, 3.05) is 6.61 Å². The molecule has 1 aliphatic rings. The summed E-state index contributed by atoms with van der Waals surface area (Å²) in [6, 6.07) is 10.1. The van der Waals surface area contributed by atoms with Crippen LogP contribution in [0.3, 0.4) is 0 Å². The molecule has 0 N–H and O–H groups in total. The molecule has 1 saturated heterocycles. The van der Waals surface area contributed by atoms with Gasteiger partial charge in [0.05, 0.1) is 18.6 Å². The van der Waals surface area contributed by atoms with Gasteiger partial charge in [0.2, 0.25) is 0 Å². The predicted octanol–water partition coefficient (Wildman–Crippen LogP) is 3.72. The Morgan fingerprint density at radius 2 is 1.95 bits per heavy atom. The number of ether oxygens (including phenoxy) is 2. The number of hydrogen-bond donors (Lipinski definition) is 0. The number of cyclic esters (lactones) is 1. The Kier molecular flexibility index (Phi) is 5.18. The van der Waals surface area contributed by atoms with Crippen molar-refractivity contribution in [1.29, 1.82) is 0 Å². The third-order valence-corrected chi connectivity index (χ3v) is 4.37. The molecule has 1 aliphatic heterocycles. The smallest absolute Gasteiger partial charge is 0.312 e. The number of carbonyl (C=O) groups excluding carboxylic acids is 1. The Morgan fingerprint density at radius 1 is 1.25 bits per heavy atom. The molecule has 1 aromatic rings. The van der Waals surface area contributed by atoms with Crippen LogP contribution in [0.25, 0.3) is 0 Å². The molecule has 1 atom stereocenters. The fourth-order valence-electron chi connectivity index (χ4n) is 2.80. The lowest BCUT2D eigenvalue weighted by atomic mass is 9.79. The van der Waals surface area contributed by atoms with Crippen molar-refractivity contribution < 1.29 is 14.3 Å². The molecular formula is C17H24O3. The SMILES string of the molecule is CCC1(CC)C[C@@H](CCOCc2ccccc2)OC1=O. The van der Waals surface area contributed by atoms with Crippen molar-refractivity contribution in [3.63, 3.8) is 0 Å². The third kappa shape index (κ3) is 3.40. The lowest BCUT2D eigenvalue weighted by Crippen LogP contribution is -2.24. The highest BCUT2D eigenvalue weighted by Crippen LogP contribution is 2.41. The maximum atomic E-state index is 12.0. The van der Waals surface area contributed by atoms with Crippen molar-refractivity contribution in [2.45, 2.75) is 52.2 Å². The first-order valence-electron chi connectivity index (χ1n) is 7.53. The maximum absolute atomic E-state index is 12.0. The molecule has 110 valence electrons. The van der Waals surface area contributed by atoms with Crippen LogP contribution in [0.2, 0.25) is 0 Å². The van der Waals surface area contributed by atoms with Gasteiger partial charge in [0.25, 0.3) is 0 Å². The molecule has 1 fully saturated rings. The van der Waals surface area contributed by atoms with Crippen LogP contribution < -0.4 is 0 Å². The van der Waals surface area contributed by atoms with Crippen LogP contribution in [-0.4, -0.2) is 18.7 Å². The summed E-state index contributed by atoms with van der Waals surface area (Å²) in [5.74, 6) is -0.0180. The van der Waals surface area contributed by atoms with Crippen molar-refractivity contribution in [2.24, 2.45) is 5.41 Å². The van der Waals surface area contributed by atoms with E-state index in [4.69, 9.17) is 9.47 Å². The zero-order valence-corrected chi connectivity index (χ0v) is 12.4. The van der Waals surface area contributed by atoms with Crippen LogP contribution >= 0.6 is 0 Å². The van der Waals surface area contributed by atoms with Crippen LogP contribution in [0, 0.1) is 5.41 Å². The first kappa shape index (κ1) is 15.0. The monoisotopic (exact) mass is 276 g/mol. The van der Waals surface area contributed by atoms with E-state index < -0.39 is 0 Å². The summed E-state index contributed by atoms with van der Waals surface area (Å²) >= 11 is 0. The number of benzene rings is 1. The van der Waals surface area contributed by atoms with Crippen molar-refractivity contribution >= 4 is 5.97 Å². The first-order chi connectivity index (χ1) is 9.70. The molecule has 0 aliphatic carbocycles. The van der Waals surface area contributed by atoms with Crippen molar-refractivity contribution in [3.8, 4) is 0 Å². The van der Waals surface area contributed by atoms with Gasteiger partial charge in [-0.3, -0.25) is 4.79 Å². The summed E-state index contributed by atoms with van der Waals surface area (Å²) in [7, 11) is 0. The van der Waals surface area contributed by atoms with Gasteiger partial charge in [0.1, 0.15) is 6.10 Å². The average molecular weight is 276 g/mol. The molecule has 3 nitrogen and oxygen atoms in total. The van der Waals surface area contributed by atoms with Crippen LogP contribution in [0.5, 0.6) is 0 Å². The summed E-state index contributed by atoms with van der Waals surface area (Å²) in [6.07, 6.45) is 3.39. The highest BCUT2D eigenvalue weighted by atomic mass is 16.6. The minimum atomic E-state index is -0.246. The van der Waals surface area contributed by atoms with Crippen LogP contribution in [-0.2, 0) is 20.9 Å². The van der Waals surface area contributed by atoms with Gasteiger partial charge in [-0.15, -0.1) is 0 Å². The van der Waals surface area contributed by atoms with E-state index in [1.807, 2.05) is 18.2 Å². The molecule has 0 unspecified atom stereocenters. The molecule has 0 radical (unpaired) electrons. The maximum Gasteiger partial charge on any atom is 0.312 e. The summed E-state index contributed by atoms with van der Waals surface area (Å²) in [5, 5.41) is 0. The molecule has 2 rings (SSSR count). The van der Waals surface area contributed by atoms with Gasteiger partial charge >= 0.3 is 5.97 Å². The molecular weight excluding hydrogens is 252 g/mol. The number of hydrogen-bond acceptors (Lipinski definition) is 3. The van der Waals surface area contributed by atoms with Gasteiger partial charge in [-0.05, 0) is 18.4 Å². The van der Waals surface area contributed by atoms with Crippen LogP contribution in [0.4, 0.5) is 0 Å². The van der Waals surface area contributed by atoms with E-state index in [1.165, 1.54) is 5.56 Å². The molecule has 0 amide bonds.